The van der Waals surface area contributed by atoms with E-state index >= 15 is 0 Å². The highest BCUT2D eigenvalue weighted by Crippen LogP contribution is 2.25. The van der Waals surface area contributed by atoms with E-state index in [1.807, 2.05) is 0 Å². The van der Waals surface area contributed by atoms with E-state index in [2.05, 4.69) is 16.7 Å². The molecule has 0 aromatic heterocycles. The normalized spacial score (nSPS) is 19.6. The largest absolute Gasteiger partial charge is 0.465 e. The number of hydrogen-bond donors (Lipinski definition) is 0. The molecule has 89 valence electrons. The fraction of sp³-hybridized carbons (Fsp3) is 0.667. The standard InChI is InChI=1S/C12H18NO3/c1-9(13-8-11(14)16-2)12(15)10-6-4-3-5-7-10/h8-10H,1,3-7H2,2H3/t9-/m0/s1. The number of hydrogen-bond acceptors (Lipinski definition) is 4. The first kappa shape index (κ1) is 12.9. The van der Waals surface area contributed by atoms with Crippen LogP contribution in [0.2, 0.25) is 0 Å². The summed E-state index contributed by atoms with van der Waals surface area (Å²) in [5.41, 5.74) is 0. The average molecular weight is 224 g/mol. The molecule has 0 heterocycles. The number of rotatable bonds is 4. The summed E-state index contributed by atoms with van der Waals surface area (Å²) in [5, 5.41) is 0. The molecule has 4 heteroatoms. The molecule has 1 rings (SSSR count). The highest BCUT2D eigenvalue weighted by atomic mass is 16.5. The second-order valence-electron chi connectivity index (χ2n) is 4.05. The van der Waals surface area contributed by atoms with Crippen molar-refractivity contribution in [2.45, 2.75) is 38.1 Å². The minimum atomic E-state index is -0.679. The summed E-state index contributed by atoms with van der Waals surface area (Å²) in [5.74, 6) is -0.434. The molecular weight excluding hydrogens is 206 g/mol. The van der Waals surface area contributed by atoms with E-state index in [1.165, 1.54) is 13.5 Å². The van der Waals surface area contributed by atoms with E-state index in [9.17, 15) is 9.59 Å². The third-order valence-corrected chi connectivity index (χ3v) is 2.90. The maximum Gasteiger partial charge on any atom is 0.348 e. The van der Waals surface area contributed by atoms with Crippen LogP contribution >= 0.6 is 0 Å². The molecule has 1 radical (unpaired) electrons. The molecule has 0 saturated heterocycles. The maximum absolute atomic E-state index is 11.9. The first-order valence-corrected chi connectivity index (χ1v) is 5.63. The van der Waals surface area contributed by atoms with Gasteiger partial charge in [0.25, 0.3) is 0 Å². The molecule has 1 aliphatic rings. The van der Waals surface area contributed by atoms with E-state index in [1.54, 1.807) is 0 Å². The summed E-state index contributed by atoms with van der Waals surface area (Å²) in [6, 6.07) is -0.679. The van der Waals surface area contributed by atoms with Crippen LogP contribution in [0.25, 0.3) is 0 Å². The molecule has 1 atom stereocenters. The maximum atomic E-state index is 11.9. The van der Waals surface area contributed by atoms with Gasteiger partial charge in [0.15, 0.2) is 5.78 Å². The molecule has 0 amide bonds. The minimum Gasteiger partial charge on any atom is -0.465 e. The van der Waals surface area contributed by atoms with Crippen molar-refractivity contribution < 1.29 is 14.3 Å². The van der Waals surface area contributed by atoms with Gasteiger partial charge in [-0.2, -0.15) is 0 Å². The van der Waals surface area contributed by atoms with Gasteiger partial charge in [-0.25, -0.2) is 4.79 Å². The van der Waals surface area contributed by atoms with Gasteiger partial charge in [-0.1, -0.05) is 19.3 Å². The van der Waals surface area contributed by atoms with Crippen molar-refractivity contribution in [2.24, 2.45) is 10.9 Å². The van der Waals surface area contributed by atoms with Crippen molar-refractivity contribution in [3.8, 4) is 0 Å². The highest BCUT2D eigenvalue weighted by Gasteiger charge is 2.24. The quantitative estimate of drug-likeness (QED) is 0.538. The Bertz CT molecular complexity index is 280. The molecule has 1 saturated carbocycles. The molecule has 1 aliphatic carbocycles. The summed E-state index contributed by atoms with van der Waals surface area (Å²) in [6.45, 7) is 3.66. The number of methoxy groups -OCH3 is 1. The Morgan fingerprint density at radius 2 is 2.00 bits per heavy atom. The van der Waals surface area contributed by atoms with Crippen LogP contribution in [0, 0.1) is 12.8 Å². The fourth-order valence-corrected chi connectivity index (χ4v) is 1.94. The third-order valence-electron chi connectivity index (χ3n) is 2.90. The van der Waals surface area contributed by atoms with Crippen molar-refractivity contribution in [1.82, 2.24) is 0 Å². The number of ketones is 1. The van der Waals surface area contributed by atoms with E-state index in [0.717, 1.165) is 31.9 Å². The van der Waals surface area contributed by atoms with Crippen molar-refractivity contribution in [3.05, 3.63) is 6.92 Å². The van der Waals surface area contributed by atoms with Crippen LogP contribution in [0.1, 0.15) is 32.1 Å². The monoisotopic (exact) mass is 224 g/mol. The Labute approximate surface area is 96.1 Å². The van der Waals surface area contributed by atoms with Gasteiger partial charge in [-0.15, -0.1) is 0 Å². The molecule has 0 bridgehead atoms. The minimum absolute atomic E-state index is 0.0415. The van der Waals surface area contributed by atoms with Crippen LogP contribution in [-0.4, -0.2) is 31.1 Å². The lowest BCUT2D eigenvalue weighted by Crippen LogP contribution is -2.27. The smallest absolute Gasteiger partial charge is 0.348 e. The zero-order valence-corrected chi connectivity index (χ0v) is 9.65. The van der Waals surface area contributed by atoms with E-state index in [4.69, 9.17) is 0 Å². The van der Waals surface area contributed by atoms with Crippen LogP contribution in [0.15, 0.2) is 4.99 Å². The summed E-state index contributed by atoms with van der Waals surface area (Å²) in [4.78, 5) is 26.5. The van der Waals surface area contributed by atoms with E-state index in [-0.39, 0.29) is 11.7 Å². The predicted molar refractivity (Wildman–Crippen MR) is 61.2 cm³/mol. The fourth-order valence-electron chi connectivity index (χ4n) is 1.94. The van der Waals surface area contributed by atoms with Crippen LogP contribution in [0.3, 0.4) is 0 Å². The number of ether oxygens (including phenoxy) is 1. The van der Waals surface area contributed by atoms with Gasteiger partial charge in [0.05, 0.1) is 7.11 Å². The van der Waals surface area contributed by atoms with Crippen LogP contribution in [-0.2, 0) is 14.3 Å². The molecule has 4 nitrogen and oxygen atoms in total. The molecular formula is C12H18NO3. The van der Waals surface area contributed by atoms with E-state index < -0.39 is 12.0 Å². The summed E-state index contributed by atoms with van der Waals surface area (Å²) >= 11 is 0. The predicted octanol–water partition coefficient (Wildman–Crippen LogP) is 1.58. The molecule has 0 spiro atoms. The molecule has 1 fully saturated rings. The SMILES string of the molecule is [CH2][C@H](N=CC(=O)OC)C(=O)C1CCCCC1. The Kier molecular flexibility index (Phi) is 5.15. The Morgan fingerprint density at radius 3 is 2.56 bits per heavy atom. The van der Waals surface area contributed by atoms with Crippen LogP contribution < -0.4 is 0 Å². The lowest BCUT2D eigenvalue weighted by molar-refractivity contribution is -0.132. The zero-order valence-electron chi connectivity index (χ0n) is 9.65. The number of nitrogens with zero attached hydrogens (tertiary/aromatic N) is 1. The Morgan fingerprint density at radius 1 is 1.38 bits per heavy atom. The molecule has 0 aliphatic heterocycles. The van der Waals surface area contributed by atoms with Gasteiger partial charge < -0.3 is 4.74 Å². The zero-order chi connectivity index (χ0) is 12.0. The lowest BCUT2D eigenvalue weighted by atomic mass is 9.84. The lowest BCUT2D eigenvalue weighted by Gasteiger charge is -2.21. The van der Waals surface area contributed by atoms with Gasteiger partial charge in [0.2, 0.25) is 0 Å². The Hall–Kier alpha value is -1.19. The molecule has 0 aromatic carbocycles. The molecule has 0 unspecified atom stereocenters. The van der Waals surface area contributed by atoms with Crippen molar-refractivity contribution >= 4 is 18.0 Å². The first-order chi connectivity index (χ1) is 7.65. The van der Waals surface area contributed by atoms with Crippen LogP contribution in [0.5, 0.6) is 0 Å². The van der Waals surface area contributed by atoms with Gasteiger partial charge in [-0.3, -0.25) is 9.79 Å². The first-order valence-electron chi connectivity index (χ1n) is 5.63. The summed E-state index contributed by atoms with van der Waals surface area (Å²) in [7, 11) is 1.27. The van der Waals surface area contributed by atoms with E-state index in [0.29, 0.717) is 0 Å². The van der Waals surface area contributed by atoms with Crippen molar-refractivity contribution in [3.63, 3.8) is 0 Å². The van der Waals surface area contributed by atoms with Gasteiger partial charge in [0.1, 0.15) is 12.3 Å². The second-order valence-corrected chi connectivity index (χ2v) is 4.05. The third kappa shape index (κ3) is 3.76. The highest BCUT2D eigenvalue weighted by molar-refractivity contribution is 6.23. The second kappa shape index (κ2) is 6.40. The summed E-state index contributed by atoms with van der Waals surface area (Å²) < 4.78 is 4.40. The molecule has 0 N–H and O–H groups in total. The molecule has 0 aromatic rings. The van der Waals surface area contributed by atoms with Gasteiger partial charge >= 0.3 is 5.97 Å². The topological polar surface area (TPSA) is 55.7 Å². The number of esters is 1. The van der Waals surface area contributed by atoms with Gasteiger partial charge in [0, 0.05) is 5.92 Å². The number of carbonyl (C=O) groups is 2. The number of aliphatic imine (C=N–C) groups is 1. The molecule has 16 heavy (non-hydrogen) atoms. The number of Topliss-reactive ketones (excluding diaryl/α,β-unsaturated/α-hetero) is 1. The van der Waals surface area contributed by atoms with Crippen LogP contribution in [0.4, 0.5) is 0 Å². The average Bonchev–Trinajstić information content (AvgIpc) is 2.35. The number of carbonyl (C=O) groups excluding carboxylic acids is 2. The summed E-state index contributed by atoms with van der Waals surface area (Å²) in [6.07, 6.45) is 6.29. The van der Waals surface area contributed by atoms with Gasteiger partial charge in [-0.05, 0) is 19.8 Å². The van der Waals surface area contributed by atoms with Crippen molar-refractivity contribution in [2.75, 3.05) is 7.11 Å². The van der Waals surface area contributed by atoms with Crippen molar-refractivity contribution in [1.29, 1.82) is 0 Å². The Balaban J connectivity index is 2.46.